The molecule has 0 saturated heterocycles. The third kappa shape index (κ3) is 3.23. The van der Waals surface area contributed by atoms with Crippen LogP contribution in [0.25, 0.3) is 0 Å². The molecule has 0 aromatic rings. The Kier molecular flexibility index (Phi) is 5.18. The Morgan fingerprint density at radius 1 is 1.28 bits per heavy atom. The minimum atomic E-state index is 0. The van der Waals surface area contributed by atoms with Crippen LogP contribution in [0.2, 0.25) is 0 Å². The van der Waals surface area contributed by atoms with E-state index in [4.69, 9.17) is 11.6 Å². The number of carbonyl (C=O) groups excluding carboxylic acids is 1. The molecule has 0 saturated carbocycles. The standard InChI is InChI=1S/C12H12ClNOS2.ClH/c1-12(2,3)7-4-5-9(15)8(6-7)10-11(13)14-17-16-10;/h4-6H,1-3H3;1H/b10-8-;. The highest BCUT2D eigenvalue weighted by atomic mass is 35.5. The Morgan fingerprint density at radius 2 is 1.94 bits per heavy atom. The van der Waals surface area contributed by atoms with E-state index in [1.807, 2.05) is 12.2 Å². The quantitative estimate of drug-likeness (QED) is 0.367. The van der Waals surface area contributed by atoms with Gasteiger partial charge in [-0.05, 0) is 34.7 Å². The molecular weight excluding hydrogens is 309 g/mol. The molecule has 1 aliphatic heterocycles. The molecule has 1 heterocycles. The summed E-state index contributed by atoms with van der Waals surface area (Å²) in [6.07, 6.45) is 5.46. The Bertz CT molecular complexity index is 499. The Balaban J connectivity index is 0.00000162. The lowest BCUT2D eigenvalue weighted by Crippen LogP contribution is -3.00. The van der Waals surface area contributed by atoms with Crippen LogP contribution in [0.15, 0.2) is 34.3 Å². The summed E-state index contributed by atoms with van der Waals surface area (Å²) in [5.74, 6) is 0.0166. The van der Waals surface area contributed by atoms with E-state index in [0.717, 1.165) is 10.5 Å². The third-order valence-electron chi connectivity index (χ3n) is 2.55. The number of hydrogen-bond donors (Lipinski definition) is 1. The first kappa shape index (κ1) is 15.9. The van der Waals surface area contributed by atoms with Gasteiger partial charge in [0.2, 0.25) is 11.0 Å². The Hall–Kier alpha value is -0.160. The molecule has 0 amide bonds. The van der Waals surface area contributed by atoms with Gasteiger partial charge in [0, 0.05) is 16.4 Å². The van der Waals surface area contributed by atoms with E-state index in [-0.39, 0.29) is 23.6 Å². The molecule has 98 valence electrons. The van der Waals surface area contributed by atoms with Crippen LogP contribution >= 0.6 is 33.4 Å². The number of halogens is 2. The monoisotopic (exact) mass is 321 g/mol. The number of allylic oxidation sites excluding steroid dienone is 6. The summed E-state index contributed by atoms with van der Waals surface area (Å²) in [6, 6.07) is 0. The number of rotatable bonds is 0. The second-order valence-electron chi connectivity index (χ2n) is 4.87. The van der Waals surface area contributed by atoms with Crippen molar-refractivity contribution in [3.8, 4) is 0 Å². The lowest BCUT2D eigenvalue weighted by Gasteiger charge is -2.22. The fourth-order valence-corrected chi connectivity index (χ4v) is 4.01. The van der Waals surface area contributed by atoms with E-state index in [1.54, 1.807) is 6.08 Å². The maximum atomic E-state index is 11.9. The molecule has 0 aromatic carbocycles. The van der Waals surface area contributed by atoms with Crippen molar-refractivity contribution >= 4 is 44.3 Å². The van der Waals surface area contributed by atoms with Crippen LogP contribution in [0.1, 0.15) is 20.8 Å². The average Bonchev–Trinajstić information content (AvgIpc) is 2.63. The van der Waals surface area contributed by atoms with Gasteiger partial charge in [0.15, 0.2) is 5.78 Å². The van der Waals surface area contributed by atoms with E-state index in [9.17, 15) is 4.79 Å². The van der Waals surface area contributed by atoms with Gasteiger partial charge in [-0.25, -0.2) is 0 Å². The normalized spacial score (nSPS) is 23.7. The fourth-order valence-electron chi connectivity index (χ4n) is 1.52. The van der Waals surface area contributed by atoms with Gasteiger partial charge in [0.05, 0.1) is 0 Å². The smallest absolute Gasteiger partial charge is 0.297 e. The maximum absolute atomic E-state index is 11.9. The van der Waals surface area contributed by atoms with Crippen LogP contribution < -0.4 is 16.8 Å². The predicted octanol–water partition coefficient (Wildman–Crippen LogP) is -0.616. The van der Waals surface area contributed by atoms with E-state index in [1.165, 1.54) is 21.8 Å². The van der Waals surface area contributed by atoms with Crippen LogP contribution in [-0.4, -0.2) is 11.0 Å². The van der Waals surface area contributed by atoms with Gasteiger partial charge in [-0.15, -0.1) is 0 Å². The molecular formula is C12H13Cl2NOS2. The predicted molar refractivity (Wildman–Crippen MR) is 75.7 cm³/mol. The van der Waals surface area contributed by atoms with Crippen LogP contribution in [-0.2, 0) is 4.79 Å². The molecule has 0 spiro atoms. The largest absolute Gasteiger partial charge is 1.00 e. The lowest BCUT2D eigenvalue weighted by atomic mass is 9.82. The van der Waals surface area contributed by atoms with Crippen LogP contribution in [0.4, 0.5) is 0 Å². The summed E-state index contributed by atoms with van der Waals surface area (Å²) in [5.41, 5.74) is 1.85. The molecule has 0 atom stereocenters. The van der Waals surface area contributed by atoms with Crippen molar-refractivity contribution in [2.45, 2.75) is 20.8 Å². The van der Waals surface area contributed by atoms with Crippen molar-refractivity contribution in [3.05, 3.63) is 34.3 Å². The van der Waals surface area contributed by atoms with Crippen molar-refractivity contribution in [3.63, 3.8) is 0 Å². The number of carbonyl (C=O) groups is 1. The Labute approximate surface area is 126 Å². The molecule has 6 heteroatoms. The van der Waals surface area contributed by atoms with Gasteiger partial charge < -0.3 is 12.4 Å². The average molecular weight is 322 g/mol. The molecule has 1 aliphatic carbocycles. The van der Waals surface area contributed by atoms with Crippen molar-refractivity contribution in [1.82, 2.24) is 0 Å². The van der Waals surface area contributed by atoms with Crippen molar-refractivity contribution in [2.24, 2.45) is 5.41 Å². The molecule has 18 heavy (non-hydrogen) atoms. The maximum Gasteiger partial charge on any atom is 0.297 e. The summed E-state index contributed by atoms with van der Waals surface area (Å²) in [6.45, 7) is 6.38. The minimum absolute atomic E-state index is 0. The summed E-state index contributed by atoms with van der Waals surface area (Å²) < 4.78 is 2.94. The summed E-state index contributed by atoms with van der Waals surface area (Å²) in [7, 11) is 2.92. The molecule has 2 nitrogen and oxygen atoms in total. The number of nitrogens with one attached hydrogen (secondary N) is 1. The molecule has 2 aliphatic rings. The molecule has 0 radical (unpaired) electrons. The summed E-state index contributed by atoms with van der Waals surface area (Å²) >= 11 is 6.04. The van der Waals surface area contributed by atoms with Gasteiger partial charge >= 0.3 is 0 Å². The zero-order chi connectivity index (χ0) is 12.6. The molecule has 1 N–H and O–H groups in total. The van der Waals surface area contributed by atoms with E-state index < -0.39 is 0 Å². The highest BCUT2D eigenvalue weighted by molar-refractivity contribution is 8.76. The number of ketones is 1. The van der Waals surface area contributed by atoms with Gasteiger partial charge in [-0.2, -0.15) is 4.40 Å². The van der Waals surface area contributed by atoms with Crippen molar-refractivity contribution in [1.29, 1.82) is 0 Å². The first-order chi connectivity index (χ1) is 7.89. The zero-order valence-corrected chi connectivity index (χ0v) is 13.4. The van der Waals surface area contributed by atoms with Crippen LogP contribution in [0.3, 0.4) is 0 Å². The minimum Gasteiger partial charge on any atom is -1.00 e. The molecule has 2 rings (SSSR count). The van der Waals surface area contributed by atoms with Crippen LogP contribution in [0, 0.1) is 5.41 Å². The van der Waals surface area contributed by atoms with Gasteiger partial charge in [-0.1, -0.05) is 26.8 Å². The fraction of sp³-hybridized carbons (Fsp3) is 0.333. The van der Waals surface area contributed by atoms with Crippen molar-refractivity contribution in [2.75, 3.05) is 0 Å². The number of hydrogen-bond acceptors (Lipinski definition) is 3. The molecule has 0 aromatic heterocycles. The SMILES string of the molecule is CC(C)(C)C1=C/C(=C2/SS[NH+]=C2Cl)C(=O)C=C1.[Cl-]. The second-order valence-corrected chi connectivity index (χ2v) is 7.20. The van der Waals surface area contributed by atoms with E-state index in [2.05, 4.69) is 25.2 Å². The third-order valence-corrected chi connectivity index (χ3v) is 5.01. The lowest BCUT2D eigenvalue weighted by molar-refractivity contribution is -0.233. The van der Waals surface area contributed by atoms with E-state index in [0.29, 0.717) is 10.7 Å². The second kappa shape index (κ2) is 5.87. The van der Waals surface area contributed by atoms with Crippen molar-refractivity contribution < 1.29 is 21.6 Å². The van der Waals surface area contributed by atoms with Gasteiger partial charge in [0.1, 0.15) is 4.91 Å². The van der Waals surface area contributed by atoms with Crippen LogP contribution in [0.5, 0.6) is 0 Å². The Morgan fingerprint density at radius 3 is 2.44 bits per heavy atom. The first-order valence-electron chi connectivity index (χ1n) is 5.21. The highest BCUT2D eigenvalue weighted by Gasteiger charge is 2.29. The molecule has 0 unspecified atom stereocenters. The highest BCUT2D eigenvalue weighted by Crippen LogP contribution is 2.37. The summed E-state index contributed by atoms with van der Waals surface area (Å²) in [5, 5.41) is 0.545. The topological polar surface area (TPSA) is 31.0 Å². The van der Waals surface area contributed by atoms with E-state index >= 15 is 0 Å². The van der Waals surface area contributed by atoms with Gasteiger partial charge in [0.25, 0.3) is 5.17 Å². The zero-order valence-electron chi connectivity index (χ0n) is 10.2. The molecule has 0 fully saturated rings. The molecule has 0 bridgehead atoms. The first-order valence-corrected chi connectivity index (χ1v) is 7.73. The summed E-state index contributed by atoms with van der Waals surface area (Å²) in [4.78, 5) is 12.7. The van der Waals surface area contributed by atoms with Gasteiger partial charge in [-0.3, -0.25) is 4.79 Å².